The van der Waals surface area contributed by atoms with Gasteiger partial charge in [-0.1, -0.05) is 12.8 Å². The van der Waals surface area contributed by atoms with E-state index in [1.165, 1.54) is 12.8 Å². The van der Waals surface area contributed by atoms with Crippen molar-refractivity contribution in [2.24, 2.45) is 0 Å². The predicted molar refractivity (Wildman–Crippen MR) is 53.4 cm³/mol. The van der Waals surface area contributed by atoms with E-state index in [-0.39, 0.29) is 5.54 Å². The lowest BCUT2D eigenvalue weighted by atomic mass is 10.0. The van der Waals surface area contributed by atoms with Crippen LogP contribution < -0.4 is 5.32 Å². The highest BCUT2D eigenvalue weighted by Crippen LogP contribution is 2.28. The molecule has 0 atom stereocenters. The van der Waals surface area contributed by atoms with Crippen LogP contribution in [-0.4, -0.2) is 37.6 Å². The highest BCUT2D eigenvalue weighted by Gasteiger charge is 2.32. The molecule has 3 nitrogen and oxygen atoms in total. The van der Waals surface area contributed by atoms with Gasteiger partial charge in [-0.25, -0.2) is 0 Å². The molecule has 0 radical (unpaired) electrons. The van der Waals surface area contributed by atoms with E-state index >= 15 is 0 Å². The zero-order valence-electron chi connectivity index (χ0n) is 8.64. The van der Waals surface area contributed by atoms with Crippen LogP contribution in [-0.2, 0) is 0 Å². The minimum Gasteiger partial charge on any atom is -0.308 e. The average molecular weight is 181 g/mol. The van der Waals surface area contributed by atoms with Gasteiger partial charge in [0.25, 0.3) is 0 Å². The Morgan fingerprint density at radius 1 is 1.38 bits per heavy atom. The Hall–Kier alpha value is -0.590. The fraction of sp³-hybridized carbons (Fsp3) is 0.900. The molecule has 1 N–H and O–H groups in total. The molecule has 0 saturated heterocycles. The largest absolute Gasteiger partial charge is 0.308 e. The monoisotopic (exact) mass is 181 g/mol. The third kappa shape index (κ3) is 2.98. The predicted octanol–water partition coefficient (Wildman–Crippen LogP) is 0.974. The second-order valence-electron chi connectivity index (χ2n) is 4.13. The minimum absolute atomic E-state index is 0.198. The van der Waals surface area contributed by atoms with Crippen LogP contribution >= 0.6 is 0 Å². The summed E-state index contributed by atoms with van der Waals surface area (Å²) >= 11 is 0. The van der Waals surface area contributed by atoms with Gasteiger partial charge >= 0.3 is 0 Å². The Morgan fingerprint density at radius 2 is 2.00 bits per heavy atom. The van der Waals surface area contributed by atoms with Crippen molar-refractivity contribution in [1.29, 1.82) is 5.26 Å². The fourth-order valence-corrected chi connectivity index (χ4v) is 1.83. The number of nitrogens with zero attached hydrogens (tertiary/aromatic N) is 2. The van der Waals surface area contributed by atoms with Crippen LogP contribution in [0, 0.1) is 11.3 Å². The second kappa shape index (κ2) is 4.59. The quantitative estimate of drug-likeness (QED) is 0.702. The summed E-state index contributed by atoms with van der Waals surface area (Å²) in [4.78, 5) is 2.13. The molecule has 0 amide bonds. The minimum atomic E-state index is -0.198. The highest BCUT2D eigenvalue weighted by atomic mass is 15.1. The van der Waals surface area contributed by atoms with Gasteiger partial charge in [0.2, 0.25) is 0 Å². The van der Waals surface area contributed by atoms with Crippen LogP contribution in [0.15, 0.2) is 0 Å². The summed E-state index contributed by atoms with van der Waals surface area (Å²) < 4.78 is 0. The van der Waals surface area contributed by atoms with E-state index in [4.69, 9.17) is 5.26 Å². The second-order valence-corrected chi connectivity index (χ2v) is 4.13. The molecular formula is C10H19N3. The first-order valence-electron chi connectivity index (χ1n) is 4.99. The Bertz CT molecular complexity index is 187. The lowest BCUT2D eigenvalue weighted by Gasteiger charge is -2.23. The standard InChI is InChI=1S/C10H19N3/c1-13(2)8-7-12-10(9-11)5-3-4-6-10/h12H,3-8H2,1-2H3. The third-order valence-corrected chi connectivity index (χ3v) is 2.69. The molecule has 0 heterocycles. The first kappa shape index (κ1) is 10.5. The molecule has 1 aliphatic rings. The lowest BCUT2D eigenvalue weighted by molar-refractivity contribution is 0.354. The summed E-state index contributed by atoms with van der Waals surface area (Å²) in [6.45, 7) is 1.92. The molecule has 0 bridgehead atoms. The van der Waals surface area contributed by atoms with Crippen LogP contribution in [0.4, 0.5) is 0 Å². The van der Waals surface area contributed by atoms with Gasteiger partial charge in [-0.3, -0.25) is 5.32 Å². The van der Waals surface area contributed by atoms with Gasteiger partial charge < -0.3 is 4.90 Å². The smallest absolute Gasteiger partial charge is 0.106 e. The first-order chi connectivity index (χ1) is 6.18. The molecule has 74 valence electrons. The number of hydrogen-bond donors (Lipinski definition) is 1. The number of likely N-dealkylation sites (N-methyl/N-ethyl adjacent to an activating group) is 1. The van der Waals surface area contributed by atoms with Crippen molar-refractivity contribution in [3.05, 3.63) is 0 Å². The maximum Gasteiger partial charge on any atom is 0.106 e. The SMILES string of the molecule is CN(C)CCNC1(C#N)CCCC1. The fourth-order valence-electron chi connectivity index (χ4n) is 1.83. The van der Waals surface area contributed by atoms with Crippen LogP contribution in [0.1, 0.15) is 25.7 Å². The van der Waals surface area contributed by atoms with Gasteiger partial charge in [0.15, 0.2) is 0 Å². The molecule has 1 fully saturated rings. The molecular weight excluding hydrogens is 162 g/mol. The van der Waals surface area contributed by atoms with Crippen LogP contribution in [0.5, 0.6) is 0 Å². The molecule has 0 aromatic rings. The molecule has 1 aliphatic carbocycles. The normalized spacial score (nSPS) is 20.5. The molecule has 1 rings (SSSR count). The average Bonchev–Trinajstić information content (AvgIpc) is 2.53. The lowest BCUT2D eigenvalue weighted by Crippen LogP contribution is -2.44. The van der Waals surface area contributed by atoms with Crippen molar-refractivity contribution < 1.29 is 0 Å². The van der Waals surface area contributed by atoms with E-state index in [0.717, 1.165) is 25.9 Å². The molecule has 0 spiro atoms. The van der Waals surface area contributed by atoms with Crippen molar-refractivity contribution in [2.45, 2.75) is 31.2 Å². The zero-order chi connectivity index (χ0) is 9.73. The number of nitriles is 1. The van der Waals surface area contributed by atoms with Gasteiger partial charge in [0, 0.05) is 13.1 Å². The topological polar surface area (TPSA) is 39.1 Å². The summed E-state index contributed by atoms with van der Waals surface area (Å²) in [7, 11) is 4.10. The van der Waals surface area contributed by atoms with E-state index in [1.54, 1.807) is 0 Å². The molecule has 0 aliphatic heterocycles. The van der Waals surface area contributed by atoms with Crippen molar-refractivity contribution in [2.75, 3.05) is 27.2 Å². The van der Waals surface area contributed by atoms with E-state index < -0.39 is 0 Å². The Labute approximate surface area is 80.7 Å². The van der Waals surface area contributed by atoms with Gasteiger partial charge in [-0.05, 0) is 26.9 Å². The molecule has 3 heteroatoms. The summed E-state index contributed by atoms with van der Waals surface area (Å²) in [5.41, 5.74) is -0.198. The van der Waals surface area contributed by atoms with Gasteiger partial charge in [-0.2, -0.15) is 5.26 Å². The maximum absolute atomic E-state index is 9.06. The third-order valence-electron chi connectivity index (χ3n) is 2.69. The Kier molecular flexibility index (Phi) is 3.71. The summed E-state index contributed by atoms with van der Waals surface area (Å²) in [6, 6.07) is 2.42. The van der Waals surface area contributed by atoms with Crippen molar-refractivity contribution in [3.63, 3.8) is 0 Å². The number of rotatable bonds is 4. The molecule has 0 aromatic carbocycles. The molecule has 0 aromatic heterocycles. The summed E-state index contributed by atoms with van der Waals surface area (Å²) in [6.07, 6.45) is 4.44. The maximum atomic E-state index is 9.06. The summed E-state index contributed by atoms with van der Waals surface area (Å²) in [5, 5.41) is 12.4. The van der Waals surface area contributed by atoms with Gasteiger partial charge in [0.1, 0.15) is 5.54 Å². The Morgan fingerprint density at radius 3 is 2.46 bits per heavy atom. The van der Waals surface area contributed by atoms with Crippen LogP contribution in [0.2, 0.25) is 0 Å². The number of nitrogens with one attached hydrogen (secondary N) is 1. The molecule has 1 saturated carbocycles. The highest BCUT2D eigenvalue weighted by molar-refractivity contribution is 5.09. The molecule has 13 heavy (non-hydrogen) atoms. The van der Waals surface area contributed by atoms with E-state index in [1.807, 2.05) is 0 Å². The van der Waals surface area contributed by atoms with E-state index in [9.17, 15) is 0 Å². The zero-order valence-corrected chi connectivity index (χ0v) is 8.64. The van der Waals surface area contributed by atoms with Crippen molar-refractivity contribution in [3.8, 4) is 6.07 Å². The first-order valence-corrected chi connectivity index (χ1v) is 4.99. The van der Waals surface area contributed by atoms with Crippen LogP contribution in [0.25, 0.3) is 0 Å². The number of hydrogen-bond acceptors (Lipinski definition) is 3. The van der Waals surface area contributed by atoms with Crippen molar-refractivity contribution in [1.82, 2.24) is 10.2 Å². The van der Waals surface area contributed by atoms with Gasteiger partial charge in [0.05, 0.1) is 6.07 Å². The van der Waals surface area contributed by atoms with Crippen molar-refractivity contribution >= 4 is 0 Å². The van der Waals surface area contributed by atoms with E-state index in [2.05, 4.69) is 30.4 Å². The van der Waals surface area contributed by atoms with Gasteiger partial charge in [-0.15, -0.1) is 0 Å². The van der Waals surface area contributed by atoms with Crippen LogP contribution in [0.3, 0.4) is 0 Å². The summed E-state index contributed by atoms with van der Waals surface area (Å²) in [5.74, 6) is 0. The van der Waals surface area contributed by atoms with E-state index in [0.29, 0.717) is 0 Å². The molecule has 0 unspecified atom stereocenters. The Balaban J connectivity index is 2.29.